The minimum absolute atomic E-state index is 1.28. The molecular weight excluding hydrogens is 332 g/mol. The SMILES string of the molecule is Cc1ccc(-c2ccc(-c3ccccc3)c3sc4ccccc4c23)cc1. The molecule has 1 heterocycles. The zero-order chi connectivity index (χ0) is 17.5. The molecule has 1 aromatic heterocycles. The molecule has 1 heteroatoms. The fourth-order valence-electron chi connectivity index (χ4n) is 3.65. The Morgan fingerprint density at radius 2 is 1.23 bits per heavy atom. The van der Waals surface area contributed by atoms with Crippen molar-refractivity contribution in [3.05, 3.63) is 96.6 Å². The first-order chi connectivity index (χ1) is 12.8. The molecule has 0 saturated heterocycles. The summed E-state index contributed by atoms with van der Waals surface area (Å²) in [7, 11) is 0. The van der Waals surface area contributed by atoms with E-state index in [0.717, 1.165) is 0 Å². The Labute approximate surface area is 157 Å². The van der Waals surface area contributed by atoms with Crippen LogP contribution in [-0.4, -0.2) is 0 Å². The summed E-state index contributed by atoms with van der Waals surface area (Å²) in [4.78, 5) is 0. The number of fused-ring (bicyclic) bond motifs is 3. The lowest BCUT2D eigenvalue weighted by Crippen LogP contribution is -1.84. The van der Waals surface area contributed by atoms with E-state index in [0.29, 0.717) is 0 Å². The molecule has 0 bridgehead atoms. The van der Waals surface area contributed by atoms with Crippen LogP contribution in [0.15, 0.2) is 91.0 Å². The molecule has 4 aromatic carbocycles. The van der Waals surface area contributed by atoms with Crippen molar-refractivity contribution in [3.8, 4) is 22.3 Å². The van der Waals surface area contributed by atoms with Gasteiger partial charge in [-0.05, 0) is 35.2 Å². The lowest BCUT2D eigenvalue weighted by molar-refractivity contribution is 1.47. The van der Waals surface area contributed by atoms with Crippen molar-refractivity contribution < 1.29 is 0 Å². The molecule has 0 nitrogen and oxygen atoms in total. The summed E-state index contributed by atoms with van der Waals surface area (Å²) < 4.78 is 2.72. The number of hydrogen-bond donors (Lipinski definition) is 0. The molecule has 5 rings (SSSR count). The van der Waals surface area contributed by atoms with Crippen molar-refractivity contribution in [2.75, 3.05) is 0 Å². The fraction of sp³-hybridized carbons (Fsp3) is 0.0400. The maximum atomic E-state index is 2.29. The van der Waals surface area contributed by atoms with Crippen LogP contribution >= 0.6 is 11.3 Å². The molecule has 0 radical (unpaired) electrons. The van der Waals surface area contributed by atoms with E-state index in [4.69, 9.17) is 0 Å². The van der Waals surface area contributed by atoms with Crippen LogP contribution in [-0.2, 0) is 0 Å². The van der Waals surface area contributed by atoms with E-state index >= 15 is 0 Å². The van der Waals surface area contributed by atoms with Gasteiger partial charge in [0.25, 0.3) is 0 Å². The van der Waals surface area contributed by atoms with E-state index in [9.17, 15) is 0 Å². The standard InChI is InChI=1S/C25H18S/c1-17-11-13-19(14-12-17)20-15-16-21(18-7-3-2-4-8-18)25-24(20)22-9-5-6-10-23(22)26-25/h2-16H,1H3. The molecular formula is C25H18S. The third kappa shape index (κ3) is 2.44. The zero-order valence-corrected chi connectivity index (χ0v) is 15.4. The Kier molecular flexibility index (Phi) is 3.62. The summed E-state index contributed by atoms with van der Waals surface area (Å²) >= 11 is 1.90. The van der Waals surface area contributed by atoms with Gasteiger partial charge in [-0.1, -0.05) is 90.5 Å². The van der Waals surface area contributed by atoms with Crippen LogP contribution in [0.3, 0.4) is 0 Å². The average molecular weight is 350 g/mol. The molecule has 0 atom stereocenters. The molecule has 0 fully saturated rings. The number of hydrogen-bond acceptors (Lipinski definition) is 1. The van der Waals surface area contributed by atoms with Gasteiger partial charge in [-0.2, -0.15) is 0 Å². The van der Waals surface area contributed by atoms with Crippen LogP contribution in [0, 0.1) is 6.92 Å². The second-order valence-electron chi connectivity index (χ2n) is 6.70. The normalized spacial score (nSPS) is 11.3. The molecule has 0 aliphatic rings. The highest BCUT2D eigenvalue weighted by Crippen LogP contribution is 2.44. The number of aryl methyl sites for hydroxylation is 1. The van der Waals surface area contributed by atoms with Crippen molar-refractivity contribution in [2.45, 2.75) is 6.92 Å². The van der Waals surface area contributed by atoms with Gasteiger partial charge in [-0.15, -0.1) is 11.3 Å². The predicted molar refractivity (Wildman–Crippen MR) is 115 cm³/mol. The quantitative estimate of drug-likeness (QED) is 0.306. The van der Waals surface area contributed by atoms with Crippen molar-refractivity contribution in [1.82, 2.24) is 0 Å². The summed E-state index contributed by atoms with van der Waals surface area (Å²) in [5.41, 5.74) is 6.49. The van der Waals surface area contributed by atoms with Crippen molar-refractivity contribution in [3.63, 3.8) is 0 Å². The second kappa shape index (κ2) is 6.12. The summed E-state index contributed by atoms with van der Waals surface area (Å²) in [6.45, 7) is 2.14. The number of rotatable bonds is 2. The Bertz CT molecular complexity index is 1210. The summed E-state index contributed by atoms with van der Waals surface area (Å²) in [5.74, 6) is 0. The van der Waals surface area contributed by atoms with Gasteiger partial charge in [0.15, 0.2) is 0 Å². The summed E-state index contributed by atoms with van der Waals surface area (Å²) in [6.07, 6.45) is 0. The van der Waals surface area contributed by atoms with Gasteiger partial charge in [0.05, 0.1) is 0 Å². The Morgan fingerprint density at radius 3 is 2.04 bits per heavy atom. The summed E-state index contributed by atoms with van der Waals surface area (Å²) in [6, 6.07) is 32.9. The molecule has 0 N–H and O–H groups in total. The average Bonchev–Trinajstić information content (AvgIpc) is 3.08. The first kappa shape index (κ1) is 15.4. The molecule has 5 aromatic rings. The van der Waals surface area contributed by atoms with Crippen LogP contribution in [0.5, 0.6) is 0 Å². The molecule has 0 amide bonds. The van der Waals surface area contributed by atoms with Crippen molar-refractivity contribution >= 4 is 31.5 Å². The van der Waals surface area contributed by atoms with E-state index < -0.39 is 0 Å². The molecule has 0 aliphatic carbocycles. The van der Waals surface area contributed by atoms with Crippen LogP contribution in [0.1, 0.15) is 5.56 Å². The van der Waals surface area contributed by atoms with Gasteiger partial charge in [0, 0.05) is 20.2 Å². The monoisotopic (exact) mass is 350 g/mol. The lowest BCUT2D eigenvalue weighted by Gasteiger charge is -2.10. The van der Waals surface area contributed by atoms with Crippen LogP contribution < -0.4 is 0 Å². The highest BCUT2D eigenvalue weighted by Gasteiger charge is 2.15. The third-order valence-electron chi connectivity index (χ3n) is 4.97. The number of benzene rings is 4. The maximum Gasteiger partial charge on any atom is 0.0440 e. The van der Waals surface area contributed by atoms with E-state index in [-0.39, 0.29) is 0 Å². The van der Waals surface area contributed by atoms with Crippen LogP contribution in [0.2, 0.25) is 0 Å². The Balaban J connectivity index is 1.89. The largest absolute Gasteiger partial charge is 0.135 e. The van der Waals surface area contributed by atoms with E-state index in [2.05, 4.69) is 97.9 Å². The van der Waals surface area contributed by atoms with Crippen molar-refractivity contribution in [2.24, 2.45) is 0 Å². The zero-order valence-electron chi connectivity index (χ0n) is 14.6. The predicted octanol–water partition coefficient (Wildman–Crippen LogP) is 7.70. The smallest absolute Gasteiger partial charge is 0.0440 e. The fourth-order valence-corrected chi connectivity index (χ4v) is 4.91. The minimum atomic E-state index is 1.28. The van der Waals surface area contributed by atoms with Crippen LogP contribution in [0.25, 0.3) is 42.4 Å². The van der Waals surface area contributed by atoms with E-state index in [1.807, 2.05) is 11.3 Å². The Hall–Kier alpha value is -2.90. The van der Waals surface area contributed by atoms with Gasteiger partial charge < -0.3 is 0 Å². The number of thiophene rings is 1. The molecule has 124 valence electrons. The molecule has 0 spiro atoms. The topological polar surface area (TPSA) is 0 Å². The third-order valence-corrected chi connectivity index (χ3v) is 6.18. The first-order valence-corrected chi connectivity index (χ1v) is 9.69. The van der Waals surface area contributed by atoms with E-state index in [1.54, 1.807) is 0 Å². The maximum absolute atomic E-state index is 2.29. The van der Waals surface area contributed by atoms with Crippen molar-refractivity contribution in [1.29, 1.82) is 0 Å². The summed E-state index contributed by atoms with van der Waals surface area (Å²) in [5, 5.41) is 2.72. The van der Waals surface area contributed by atoms with Gasteiger partial charge in [0.1, 0.15) is 0 Å². The molecule has 0 aliphatic heterocycles. The van der Waals surface area contributed by atoms with Gasteiger partial charge >= 0.3 is 0 Å². The molecule has 0 unspecified atom stereocenters. The van der Waals surface area contributed by atoms with Gasteiger partial charge in [-0.3, -0.25) is 0 Å². The minimum Gasteiger partial charge on any atom is -0.135 e. The Morgan fingerprint density at radius 1 is 0.577 bits per heavy atom. The first-order valence-electron chi connectivity index (χ1n) is 8.88. The van der Waals surface area contributed by atoms with Gasteiger partial charge in [0.2, 0.25) is 0 Å². The van der Waals surface area contributed by atoms with Gasteiger partial charge in [-0.25, -0.2) is 0 Å². The molecule has 26 heavy (non-hydrogen) atoms. The van der Waals surface area contributed by atoms with Crippen LogP contribution in [0.4, 0.5) is 0 Å². The van der Waals surface area contributed by atoms with E-state index in [1.165, 1.54) is 48.0 Å². The highest BCUT2D eigenvalue weighted by atomic mass is 32.1. The molecule has 0 saturated carbocycles. The highest BCUT2D eigenvalue weighted by molar-refractivity contribution is 7.26. The second-order valence-corrected chi connectivity index (χ2v) is 7.75. The lowest BCUT2D eigenvalue weighted by atomic mass is 9.94.